The minimum atomic E-state index is -3.75. The molecular formula is C17H18N4O3S2. The van der Waals surface area contributed by atoms with Gasteiger partial charge in [-0.25, -0.2) is 18.5 Å². The molecule has 0 aliphatic carbocycles. The van der Waals surface area contributed by atoms with E-state index in [4.69, 9.17) is 5.14 Å². The van der Waals surface area contributed by atoms with Gasteiger partial charge in [0, 0.05) is 11.4 Å². The lowest BCUT2D eigenvalue weighted by Gasteiger charge is -2.15. The molecule has 0 aliphatic heterocycles. The van der Waals surface area contributed by atoms with E-state index in [9.17, 15) is 13.2 Å². The van der Waals surface area contributed by atoms with Crippen LogP contribution in [0.5, 0.6) is 0 Å². The van der Waals surface area contributed by atoms with Gasteiger partial charge in [-0.2, -0.15) is 0 Å². The molecule has 0 saturated carbocycles. The Kier molecular flexibility index (Phi) is 4.94. The fourth-order valence-corrected chi connectivity index (χ4v) is 3.81. The SMILES string of the molecule is Cc1nc2ccc(NC(C)C(=O)Nc3ccc(S(N)(=O)=O)cc3)cc2s1. The number of nitrogens with one attached hydrogen (secondary N) is 2. The Labute approximate surface area is 155 Å². The molecule has 1 heterocycles. The summed E-state index contributed by atoms with van der Waals surface area (Å²) in [5, 5.41) is 11.9. The van der Waals surface area contributed by atoms with E-state index in [-0.39, 0.29) is 10.8 Å². The zero-order valence-corrected chi connectivity index (χ0v) is 15.8. The van der Waals surface area contributed by atoms with Crippen LogP contribution in [-0.4, -0.2) is 25.4 Å². The molecule has 3 aromatic rings. The van der Waals surface area contributed by atoms with Crippen molar-refractivity contribution in [1.82, 2.24) is 4.98 Å². The number of carbonyl (C=O) groups is 1. The molecule has 136 valence electrons. The van der Waals surface area contributed by atoms with Crippen molar-refractivity contribution in [2.24, 2.45) is 5.14 Å². The van der Waals surface area contributed by atoms with Crippen LogP contribution in [0.2, 0.25) is 0 Å². The highest BCUT2D eigenvalue weighted by molar-refractivity contribution is 7.89. The summed E-state index contributed by atoms with van der Waals surface area (Å²) >= 11 is 1.60. The van der Waals surface area contributed by atoms with Gasteiger partial charge in [0.2, 0.25) is 15.9 Å². The van der Waals surface area contributed by atoms with E-state index in [2.05, 4.69) is 15.6 Å². The van der Waals surface area contributed by atoms with Gasteiger partial charge in [-0.05, 0) is 56.3 Å². The molecule has 1 amide bonds. The number of nitrogens with two attached hydrogens (primary N) is 1. The third-order valence-corrected chi connectivity index (χ3v) is 5.59. The van der Waals surface area contributed by atoms with Gasteiger partial charge in [0.1, 0.15) is 6.04 Å². The molecule has 9 heteroatoms. The first-order chi connectivity index (χ1) is 12.2. The van der Waals surface area contributed by atoms with Crippen molar-refractivity contribution < 1.29 is 13.2 Å². The highest BCUT2D eigenvalue weighted by atomic mass is 32.2. The minimum Gasteiger partial charge on any atom is -0.374 e. The Morgan fingerprint density at radius 2 is 1.81 bits per heavy atom. The van der Waals surface area contributed by atoms with Crippen LogP contribution in [-0.2, 0) is 14.8 Å². The number of carbonyl (C=O) groups excluding carboxylic acids is 1. The van der Waals surface area contributed by atoms with Crippen molar-refractivity contribution in [2.45, 2.75) is 24.8 Å². The Hall–Kier alpha value is -2.49. The quantitative estimate of drug-likeness (QED) is 0.620. The maximum absolute atomic E-state index is 12.3. The molecular weight excluding hydrogens is 372 g/mol. The molecule has 3 rings (SSSR count). The van der Waals surface area contributed by atoms with Gasteiger partial charge in [0.25, 0.3) is 0 Å². The number of aryl methyl sites for hydroxylation is 1. The van der Waals surface area contributed by atoms with Gasteiger partial charge in [0.05, 0.1) is 20.1 Å². The third kappa shape index (κ3) is 4.18. The number of fused-ring (bicyclic) bond motifs is 1. The summed E-state index contributed by atoms with van der Waals surface area (Å²) in [4.78, 5) is 16.7. The van der Waals surface area contributed by atoms with Crippen molar-refractivity contribution >= 4 is 48.9 Å². The van der Waals surface area contributed by atoms with Crippen molar-refractivity contribution in [2.75, 3.05) is 10.6 Å². The molecule has 0 saturated heterocycles. The van der Waals surface area contributed by atoms with Crippen LogP contribution in [0, 0.1) is 6.92 Å². The zero-order valence-electron chi connectivity index (χ0n) is 14.2. The van der Waals surface area contributed by atoms with Crippen LogP contribution in [0.4, 0.5) is 11.4 Å². The monoisotopic (exact) mass is 390 g/mol. The Morgan fingerprint density at radius 1 is 1.15 bits per heavy atom. The van der Waals surface area contributed by atoms with Crippen LogP contribution in [0.3, 0.4) is 0 Å². The van der Waals surface area contributed by atoms with E-state index in [1.807, 2.05) is 25.1 Å². The molecule has 1 unspecified atom stereocenters. The number of primary sulfonamides is 1. The maximum Gasteiger partial charge on any atom is 0.246 e. The molecule has 0 aliphatic rings. The summed E-state index contributed by atoms with van der Waals surface area (Å²) in [5.74, 6) is -0.242. The number of amides is 1. The topological polar surface area (TPSA) is 114 Å². The van der Waals surface area contributed by atoms with E-state index in [1.165, 1.54) is 24.3 Å². The maximum atomic E-state index is 12.3. The van der Waals surface area contributed by atoms with E-state index in [0.29, 0.717) is 5.69 Å². The molecule has 7 nitrogen and oxygen atoms in total. The predicted molar refractivity (Wildman–Crippen MR) is 104 cm³/mol. The number of rotatable bonds is 5. The number of hydrogen-bond acceptors (Lipinski definition) is 6. The molecule has 26 heavy (non-hydrogen) atoms. The summed E-state index contributed by atoms with van der Waals surface area (Å²) < 4.78 is 23.6. The van der Waals surface area contributed by atoms with Gasteiger partial charge in [-0.1, -0.05) is 0 Å². The number of benzene rings is 2. The van der Waals surface area contributed by atoms with Gasteiger partial charge >= 0.3 is 0 Å². The summed E-state index contributed by atoms with van der Waals surface area (Å²) in [6.45, 7) is 3.70. The number of nitrogens with zero attached hydrogens (tertiary/aromatic N) is 1. The third-order valence-electron chi connectivity index (χ3n) is 3.72. The van der Waals surface area contributed by atoms with Crippen LogP contribution >= 0.6 is 11.3 Å². The molecule has 0 spiro atoms. The first-order valence-electron chi connectivity index (χ1n) is 7.80. The van der Waals surface area contributed by atoms with Gasteiger partial charge < -0.3 is 10.6 Å². The second-order valence-corrected chi connectivity index (χ2v) is 8.64. The molecule has 0 fully saturated rings. The van der Waals surface area contributed by atoms with Crippen LogP contribution in [0.15, 0.2) is 47.4 Å². The molecule has 0 radical (unpaired) electrons. The van der Waals surface area contributed by atoms with Crippen molar-refractivity contribution in [3.8, 4) is 0 Å². The Bertz CT molecular complexity index is 1060. The largest absolute Gasteiger partial charge is 0.374 e. The summed E-state index contributed by atoms with van der Waals surface area (Å²) in [5.41, 5.74) is 2.25. The standard InChI is InChI=1S/C17H18N4O3S2/c1-10(19-13-5-8-15-16(9-13)25-11(2)20-15)17(22)21-12-3-6-14(7-4-12)26(18,23)24/h3-10,19H,1-2H3,(H,21,22)(H2,18,23,24). The summed E-state index contributed by atoms with van der Waals surface area (Å²) in [7, 11) is -3.75. The zero-order chi connectivity index (χ0) is 18.9. The molecule has 1 atom stereocenters. The highest BCUT2D eigenvalue weighted by Gasteiger charge is 2.14. The average Bonchev–Trinajstić information content (AvgIpc) is 2.93. The van der Waals surface area contributed by atoms with Crippen molar-refractivity contribution in [1.29, 1.82) is 0 Å². The molecule has 4 N–H and O–H groups in total. The van der Waals surface area contributed by atoms with E-state index in [1.54, 1.807) is 18.3 Å². The van der Waals surface area contributed by atoms with E-state index in [0.717, 1.165) is 20.9 Å². The molecule has 0 bridgehead atoms. The number of aromatic nitrogens is 1. The van der Waals surface area contributed by atoms with Crippen LogP contribution in [0.1, 0.15) is 11.9 Å². The van der Waals surface area contributed by atoms with Crippen molar-refractivity contribution in [3.63, 3.8) is 0 Å². The Balaban J connectivity index is 1.66. The Morgan fingerprint density at radius 3 is 2.46 bits per heavy atom. The predicted octanol–water partition coefficient (Wildman–Crippen LogP) is 2.69. The number of thiazole rings is 1. The van der Waals surface area contributed by atoms with Gasteiger partial charge in [-0.15, -0.1) is 11.3 Å². The second-order valence-electron chi connectivity index (χ2n) is 5.84. The lowest BCUT2D eigenvalue weighted by Crippen LogP contribution is -2.31. The molecule has 2 aromatic carbocycles. The summed E-state index contributed by atoms with van der Waals surface area (Å²) in [6, 6.07) is 11.0. The minimum absolute atomic E-state index is 0.00479. The fraction of sp³-hybridized carbons (Fsp3) is 0.176. The lowest BCUT2D eigenvalue weighted by atomic mass is 10.2. The first kappa shape index (κ1) is 18.3. The summed E-state index contributed by atoms with van der Waals surface area (Å²) in [6.07, 6.45) is 0. The van der Waals surface area contributed by atoms with Crippen LogP contribution in [0.25, 0.3) is 10.2 Å². The highest BCUT2D eigenvalue weighted by Crippen LogP contribution is 2.25. The second kappa shape index (κ2) is 7.02. The number of anilines is 2. The number of sulfonamides is 1. The first-order valence-corrected chi connectivity index (χ1v) is 10.2. The average molecular weight is 390 g/mol. The van der Waals surface area contributed by atoms with E-state index < -0.39 is 16.1 Å². The normalized spacial score (nSPS) is 12.7. The lowest BCUT2D eigenvalue weighted by molar-refractivity contribution is -0.116. The van der Waals surface area contributed by atoms with Gasteiger partial charge in [0.15, 0.2) is 0 Å². The van der Waals surface area contributed by atoms with Crippen molar-refractivity contribution in [3.05, 3.63) is 47.5 Å². The fourth-order valence-electron chi connectivity index (χ4n) is 2.42. The van der Waals surface area contributed by atoms with Crippen LogP contribution < -0.4 is 15.8 Å². The van der Waals surface area contributed by atoms with Gasteiger partial charge in [-0.3, -0.25) is 4.79 Å². The molecule has 1 aromatic heterocycles. The smallest absolute Gasteiger partial charge is 0.246 e. The van der Waals surface area contributed by atoms with E-state index >= 15 is 0 Å². The number of hydrogen-bond donors (Lipinski definition) is 3.